The lowest BCUT2D eigenvalue weighted by Crippen LogP contribution is -2.24. The molecule has 1 atom stereocenters. The number of ether oxygens (including phenoxy) is 2. The van der Waals surface area contributed by atoms with Crippen LogP contribution >= 0.6 is 0 Å². The number of unbranched alkanes of at least 4 members (excludes halogenated alkanes) is 1. The second kappa shape index (κ2) is 11.2. The lowest BCUT2D eigenvalue weighted by molar-refractivity contribution is -0.148. The Labute approximate surface area is 178 Å². The maximum Gasteiger partial charge on any atom is 0.333 e. The molecule has 0 saturated heterocycles. The van der Waals surface area contributed by atoms with Crippen molar-refractivity contribution < 1.29 is 19.4 Å². The van der Waals surface area contributed by atoms with Gasteiger partial charge in [0.05, 0.1) is 6.61 Å². The van der Waals surface area contributed by atoms with Gasteiger partial charge < -0.3 is 14.6 Å². The van der Waals surface area contributed by atoms with Gasteiger partial charge in [-0.3, -0.25) is 0 Å². The zero-order valence-corrected chi connectivity index (χ0v) is 17.3. The summed E-state index contributed by atoms with van der Waals surface area (Å²) >= 11 is 0. The number of carboxylic acids is 1. The van der Waals surface area contributed by atoms with Crippen LogP contribution in [0, 0.1) is 0 Å². The summed E-state index contributed by atoms with van der Waals surface area (Å²) in [5.41, 5.74) is 4.60. The quantitative estimate of drug-likeness (QED) is 0.435. The van der Waals surface area contributed by atoms with E-state index in [9.17, 15) is 4.79 Å². The average molecular weight is 405 g/mol. The number of aliphatic carboxylic acids is 1. The zero-order valence-electron chi connectivity index (χ0n) is 17.3. The second-order valence-corrected chi connectivity index (χ2v) is 7.28. The molecule has 1 N–H and O–H groups in total. The van der Waals surface area contributed by atoms with E-state index in [-0.39, 0.29) is 0 Å². The highest BCUT2D eigenvalue weighted by Gasteiger charge is 2.16. The van der Waals surface area contributed by atoms with Crippen molar-refractivity contribution in [2.75, 3.05) is 13.7 Å². The highest BCUT2D eigenvalue weighted by molar-refractivity contribution is 5.72. The van der Waals surface area contributed by atoms with E-state index in [1.54, 1.807) is 0 Å². The Kier molecular flexibility index (Phi) is 8.04. The lowest BCUT2D eigenvalue weighted by atomic mass is 10.0. The molecule has 0 aromatic heterocycles. The molecule has 0 amide bonds. The van der Waals surface area contributed by atoms with Crippen molar-refractivity contribution in [3.63, 3.8) is 0 Å². The number of hydrogen-bond donors (Lipinski definition) is 1. The van der Waals surface area contributed by atoms with Crippen molar-refractivity contribution in [1.82, 2.24) is 0 Å². The normalized spacial score (nSPS) is 11.8. The maximum atomic E-state index is 11.1. The summed E-state index contributed by atoms with van der Waals surface area (Å²) in [6, 6.07) is 26.6. The minimum Gasteiger partial charge on any atom is -0.494 e. The molecule has 4 heteroatoms. The molecule has 0 aliphatic heterocycles. The number of carbonyl (C=O) groups is 1. The summed E-state index contributed by atoms with van der Waals surface area (Å²) in [6.07, 6.45) is 2.57. The molecule has 0 aliphatic rings. The van der Waals surface area contributed by atoms with Gasteiger partial charge in [-0.25, -0.2) is 4.79 Å². The zero-order chi connectivity index (χ0) is 21.2. The van der Waals surface area contributed by atoms with Crippen molar-refractivity contribution in [3.05, 3.63) is 90.0 Å². The summed E-state index contributed by atoms with van der Waals surface area (Å²) in [7, 11) is 1.42. The predicted octanol–water partition coefficient (Wildman–Crippen LogP) is 5.40. The Hall–Kier alpha value is -3.11. The van der Waals surface area contributed by atoms with Crippen LogP contribution in [0.25, 0.3) is 11.1 Å². The van der Waals surface area contributed by atoms with Crippen molar-refractivity contribution in [2.24, 2.45) is 0 Å². The van der Waals surface area contributed by atoms with Crippen LogP contribution in [0.4, 0.5) is 0 Å². The number of aryl methyl sites for hydroxylation is 1. The molecule has 30 heavy (non-hydrogen) atoms. The molecular weight excluding hydrogens is 376 g/mol. The van der Waals surface area contributed by atoms with Crippen LogP contribution in [0.1, 0.15) is 24.0 Å². The van der Waals surface area contributed by atoms with E-state index in [4.69, 9.17) is 14.6 Å². The van der Waals surface area contributed by atoms with Crippen molar-refractivity contribution in [1.29, 1.82) is 0 Å². The van der Waals surface area contributed by atoms with Crippen LogP contribution in [0.3, 0.4) is 0 Å². The third-order valence-corrected chi connectivity index (χ3v) is 5.09. The van der Waals surface area contributed by atoms with Gasteiger partial charge in [-0.1, -0.05) is 66.7 Å². The summed E-state index contributed by atoms with van der Waals surface area (Å²) in [5, 5.41) is 9.07. The molecule has 0 saturated carbocycles. The third-order valence-electron chi connectivity index (χ3n) is 5.09. The van der Waals surface area contributed by atoms with E-state index in [1.165, 1.54) is 23.8 Å². The Bertz CT molecular complexity index is 902. The maximum absolute atomic E-state index is 11.1. The first-order chi connectivity index (χ1) is 14.7. The van der Waals surface area contributed by atoms with Crippen LogP contribution < -0.4 is 4.74 Å². The Morgan fingerprint density at radius 2 is 1.47 bits per heavy atom. The van der Waals surface area contributed by atoms with E-state index >= 15 is 0 Å². The van der Waals surface area contributed by atoms with Crippen LogP contribution in [0.15, 0.2) is 78.9 Å². The average Bonchev–Trinajstić information content (AvgIpc) is 2.79. The van der Waals surface area contributed by atoms with E-state index in [2.05, 4.69) is 36.4 Å². The number of rotatable bonds is 11. The van der Waals surface area contributed by atoms with Crippen molar-refractivity contribution >= 4 is 5.97 Å². The predicted molar refractivity (Wildman–Crippen MR) is 119 cm³/mol. The minimum absolute atomic E-state index is 0.378. The summed E-state index contributed by atoms with van der Waals surface area (Å²) in [5.74, 6) is -0.0403. The minimum atomic E-state index is -0.934. The van der Waals surface area contributed by atoms with Crippen molar-refractivity contribution in [2.45, 2.75) is 31.8 Å². The topological polar surface area (TPSA) is 55.8 Å². The first kappa shape index (κ1) is 21.6. The fraction of sp³-hybridized carbons (Fsp3) is 0.269. The molecule has 0 unspecified atom stereocenters. The van der Waals surface area contributed by atoms with E-state index in [0.29, 0.717) is 13.0 Å². The van der Waals surface area contributed by atoms with E-state index < -0.39 is 12.1 Å². The molecule has 3 rings (SSSR count). The molecule has 0 radical (unpaired) electrons. The van der Waals surface area contributed by atoms with Crippen LogP contribution in [-0.4, -0.2) is 30.9 Å². The SMILES string of the molecule is CO[C@@H](Cc1ccc(CCCCOc2ccc(-c3ccccc3)cc2)cc1)C(=O)O. The van der Waals surface area contributed by atoms with Crippen molar-refractivity contribution in [3.8, 4) is 16.9 Å². The molecule has 0 spiro atoms. The molecule has 3 aromatic rings. The molecule has 156 valence electrons. The van der Waals surface area contributed by atoms with Gasteiger partial charge >= 0.3 is 5.97 Å². The Morgan fingerprint density at radius 3 is 2.10 bits per heavy atom. The van der Waals surface area contributed by atoms with E-state index in [1.807, 2.05) is 42.5 Å². The fourth-order valence-corrected chi connectivity index (χ4v) is 3.32. The molecular formula is C26H28O4. The summed E-state index contributed by atoms with van der Waals surface area (Å²) in [6.45, 7) is 0.691. The largest absolute Gasteiger partial charge is 0.494 e. The van der Waals surface area contributed by atoms with Gasteiger partial charge in [0, 0.05) is 13.5 Å². The van der Waals surface area contributed by atoms with Gasteiger partial charge in [-0.15, -0.1) is 0 Å². The number of benzene rings is 3. The highest BCUT2D eigenvalue weighted by Crippen LogP contribution is 2.22. The van der Waals surface area contributed by atoms with E-state index in [0.717, 1.165) is 30.6 Å². The third kappa shape index (κ3) is 6.46. The van der Waals surface area contributed by atoms with Gasteiger partial charge in [0.1, 0.15) is 5.75 Å². The van der Waals surface area contributed by atoms with Crippen LogP contribution in [-0.2, 0) is 22.4 Å². The van der Waals surface area contributed by atoms with Gasteiger partial charge in [0.25, 0.3) is 0 Å². The van der Waals surface area contributed by atoms with Gasteiger partial charge in [-0.2, -0.15) is 0 Å². The number of methoxy groups -OCH3 is 1. The standard InChI is InChI=1S/C26H28O4/c1-29-25(26(27)28)19-21-12-10-20(11-13-21)7-5-6-18-30-24-16-14-23(15-17-24)22-8-3-2-4-9-22/h2-4,8-17,25H,5-7,18-19H2,1H3,(H,27,28)/t25-/m0/s1. The second-order valence-electron chi connectivity index (χ2n) is 7.28. The molecule has 0 aliphatic carbocycles. The number of carboxylic acid groups (broad SMARTS) is 1. The Morgan fingerprint density at radius 1 is 0.833 bits per heavy atom. The summed E-state index contributed by atoms with van der Waals surface area (Å²) in [4.78, 5) is 11.1. The fourth-order valence-electron chi connectivity index (χ4n) is 3.32. The van der Waals surface area contributed by atoms with Crippen LogP contribution in [0.5, 0.6) is 5.75 Å². The van der Waals surface area contributed by atoms with Crippen LogP contribution in [0.2, 0.25) is 0 Å². The smallest absolute Gasteiger partial charge is 0.333 e. The number of hydrogen-bond acceptors (Lipinski definition) is 3. The molecule has 3 aromatic carbocycles. The highest BCUT2D eigenvalue weighted by atomic mass is 16.5. The first-order valence-corrected chi connectivity index (χ1v) is 10.3. The summed E-state index contributed by atoms with van der Waals surface area (Å²) < 4.78 is 10.9. The van der Waals surface area contributed by atoms with Gasteiger partial charge in [0.2, 0.25) is 0 Å². The molecule has 0 bridgehead atoms. The lowest BCUT2D eigenvalue weighted by Gasteiger charge is -2.11. The van der Waals surface area contributed by atoms with Gasteiger partial charge in [0.15, 0.2) is 6.10 Å². The first-order valence-electron chi connectivity index (χ1n) is 10.3. The van der Waals surface area contributed by atoms with Gasteiger partial charge in [-0.05, 0) is 53.6 Å². The molecule has 0 heterocycles. The molecule has 0 fully saturated rings. The monoisotopic (exact) mass is 404 g/mol. The Balaban J connectivity index is 1.37. The molecule has 4 nitrogen and oxygen atoms in total.